The van der Waals surface area contributed by atoms with Gasteiger partial charge in [-0.1, -0.05) is 6.07 Å². The molecule has 0 saturated carbocycles. The Bertz CT molecular complexity index is 912. The molecule has 0 aliphatic heterocycles. The topological polar surface area (TPSA) is 104 Å². The van der Waals surface area contributed by atoms with E-state index in [1.54, 1.807) is 12.4 Å². The number of fused-ring (bicyclic) bond motifs is 1. The fourth-order valence-corrected chi connectivity index (χ4v) is 2.43. The molecule has 0 aliphatic rings. The molecule has 0 saturated heterocycles. The highest BCUT2D eigenvalue weighted by Gasteiger charge is 2.16. The molecule has 2 heterocycles. The van der Waals surface area contributed by atoms with Crippen molar-refractivity contribution in [3.05, 3.63) is 42.1 Å². The molecule has 3 aromatic rings. The third-order valence-electron chi connectivity index (χ3n) is 3.50. The van der Waals surface area contributed by atoms with Gasteiger partial charge in [0.15, 0.2) is 5.78 Å². The van der Waals surface area contributed by atoms with Gasteiger partial charge in [-0.2, -0.15) is 5.10 Å². The number of carbonyl (C=O) groups excluding carboxylic acids is 2. The molecular weight excluding hydrogens is 294 g/mol. The number of Topliss-reactive ketones (excluding diaryl/α,β-unsaturated/α-hetero) is 1. The third kappa shape index (κ3) is 2.80. The van der Waals surface area contributed by atoms with Crippen LogP contribution >= 0.6 is 0 Å². The molecular formula is C16H15N5O2. The van der Waals surface area contributed by atoms with Crippen LogP contribution in [0.4, 0.5) is 0 Å². The van der Waals surface area contributed by atoms with E-state index in [2.05, 4.69) is 15.1 Å². The summed E-state index contributed by atoms with van der Waals surface area (Å²) in [5, 5.41) is 4.89. The number of amides is 1. The van der Waals surface area contributed by atoms with Crippen molar-refractivity contribution >= 4 is 22.6 Å². The maximum atomic E-state index is 11.8. The van der Waals surface area contributed by atoms with Crippen LogP contribution in [0.15, 0.2) is 30.6 Å². The molecule has 3 rings (SSSR count). The summed E-state index contributed by atoms with van der Waals surface area (Å²) in [6, 6.07) is 5.54. The van der Waals surface area contributed by atoms with Crippen LogP contribution in [0, 0.1) is 6.92 Å². The molecule has 2 aromatic heterocycles. The normalized spacial score (nSPS) is 10.9. The molecule has 0 radical (unpaired) electrons. The molecule has 2 N–H and O–H groups in total. The zero-order valence-electron chi connectivity index (χ0n) is 12.8. The van der Waals surface area contributed by atoms with Crippen LogP contribution in [0.1, 0.15) is 23.2 Å². The lowest BCUT2D eigenvalue weighted by Crippen LogP contribution is -2.19. The van der Waals surface area contributed by atoms with E-state index in [4.69, 9.17) is 5.73 Å². The number of aryl methyl sites for hydroxylation is 1. The van der Waals surface area contributed by atoms with E-state index < -0.39 is 5.91 Å². The molecule has 7 nitrogen and oxygen atoms in total. The Balaban J connectivity index is 2.18. The van der Waals surface area contributed by atoms with Crippen LogP contribution in [0.25, 0.3) is 22.0 Å². The van der Waals surface area contributed by atoms with E-state index in [0.717, 1.165) is 11.1 Å². The molecule has 116 valence electrons. The quantitative estimate of drug-likeness (QED) is 0.735. The number of hydrogen-bond acceptors (Lipinski definition) is 5. The number of rotatable bonds is 4. The van der Waals surface area contributed by atoms with Gasteiger partial charge in [-0.3, -0.25) is 14.3 Å². The van der Waals surface area contributed by atoms with Gasteiger partial charge in [0.25, 0.3) is 0 Å². The maximum absolute atomic E-state index is 11.8. The predicted molar refractivity (Wildman–Crippen MR) is 84.7 cm³/mol. The summed E-state index contributed by atoms with van der Waals surface area (Å²) in [6.45, 7) is 3.18. The lowest BCUT2D eigenvalue weighted by molar-refractivity contribution is -0.118. The lowest BCUT2D eigenvalue weighted by atomic mass is 10.0. The van der Waals surface area contributed by atoms with Crippen molar-refractivity contribution in [2.45, 2.75) is 20.4 Å². The van der Waals surface area contributed by atoms with Gasteiger partial charge >= 0.3 is 0 Å². The Hall–Kier alpha value is -3.09. The van der Waals surface area contributed by atoms with Gasteiger partial charge < -0.3 is 5.73 Å². The molecule has 7 heteroatoms. The van der Waals surface area contributed by atoms with E-state index in [9.17, 15) is 9.59 Å². The second-order valence-corrected chi connectivity index (χ2v) is 5.28. The Morgan fingerprint density at radius 1 is 1.17 bits per heavy atom. The standard InChI is InChI=1S/C16H15N5O2/c1-9(22)16-13-5-11(12-6-18-10(2)19-7-12)3-4-14(13)21(20-16)8-15(17)23/h3-7H,8H2,1-2H3,(H2,17,23). The number of ketones is 1. The van der Waals surface area contributed by atoms with Crippen LogP contribution in [0.2, 0.25) is 0 Å². The van der Waals surface area contributed by atoms with Crippen molar-refractivity contribution in [3.63, 3.8) is 0 Å². The smallest absolute Gasteiger partial charge is 0.239 e. The number of nitrogens with two attached hydrogens (primary N) is 1. The van der Waals surface area contributed by atoms with Gasteiger partial charge in [0.2, 0.25) is 5.91 Å². The van der Waals surface area contributed by atoms with Gasteiger partial charge in [0.1, 0.15) is 18.1 Å². The highest BCUT2D eigenvalue weighted by molar-refractivity contribution is 6.06. The number of nitrogens with zero attached hydrogens (tertiary/aromatic N) is 4. The summed E-state index contributed by atoms with van der Waals surface area (Å²) in [6.07, 6.45) is 3.45. The predicted octanol–water partition coefficient (Wildman–Crippen LogP) is 1.49. The van der Waals surface area contributed by atoms with E-state index in [1.165, 1.54) is 11.6 Å². The van der Waals surface area contributed by atoms with Gasteiger partial charge in [0.05, 0.1) is 5.52 Å². The zero-order chi connectivity index (χ0) is 16.6. The highest BCUT2D eigenvalue weighted by Crippen LogP contribution is 2.26. The van der Waals surface area contributed by atoms with E-state index in [1.807, 2.05) is 25.1 Å². The Morgan fingerprint density at radius 3 is 2.48 bits per heavy atom. The average molecular weight is 309 g/mol. The first-order valence-electron chi connectivity index (χ1n) is 7.04. The fraction of sp³-hybridized carbons (Fsp3) is 0.188. The average Bonchev–Trinajstić information content (AvgIpc) is 2.85. The molecule has 0 spiro atoms. The van der Waals surface area contributed by atoms with E-state index in [-0.39, 0.29) is 12.3 Å². The molecule has 23 heavy (non-hydrogen) atoms. The summed E-state index contributed by atoms with van der Waals surface area (Å²) in [4.78, 5) is 31.4. The third-order valence-corrected chi connectivity index (χ3v) is 3.50. The minimum atomic E-state index is -0.513. The summed E-state index contributed by atoms with van der Waals surface area (Å²) < 4.78 is 1.45. The molecule has 1 amide bonds. The number of primary amides is 1. The summed E-state index contributed by atoms with van der Waals surface area (Å²) in [5.41, 5.74) is 7.95. The molecule has 0 bridgehead atoms. The highest BCUT2D eigenvalue weighted by atomic mass is 16.1. The number of benzene rings is 1. The van der Waals surface area contributed by atoms with Crippen molar-refractivity contribution in [1.82, 2.24) is 19.7 Å². The Morgan fingerprint density at radius 2 is 1.87 bits per heavy atom. The first-order chi connectivity index (χ1) is 11.0. The van der Waals surface area contributed by atoms with Crippen LogP contribution in [-0.4, -0.2) is 31.4 Å². The lowest BCUT2D eigenvalue weighted by Gasteiger charge is -2.03. The molecule has 0 atom stereocenters. The second-order valence-electron chi connectivity index (χ2n) is 5.28. The molecule has 0 aliphatic carbocycles. The van der Waals surface area contributed by atoms with Crippen LogP contribution in [0.3, 0.4) is 0 Å². The van der Waals surface area contributed by atoms with Gasteiger partial charge in [-0.25, -0.2) is 9.97 Å². The first-order valence-corrected chi connectivity index (χ1v) is 7.04. The maximum Gasteiger partial charge on any atom is 0.239 e. The zero-order valence-corrected chi connectivity index (χ0v) is 12.8. The minimum absolute atomic E-state index is 0.0726. The van der Waals surface area contributed by atoms with Gasteiger partial charge in [-0.15, -0.1) is 0 Å². The van der Waals surface area contributed by atoms with Crippen LogP contribution in [-0.2, 0) is 11.3 Å². The van der Waals surface area contributed by atoms with Crippen LogP contribution < -0.4 is 5.73 Å². The van der Waals surface area contributed by atoms with Gasteiger partial charge in [0, 0.05) is 30.3 Å². The largest absolute Gasteiger partial charge is 0.368 e. The Kier molecular flexibility index (Phi) is 3.61. The van der Waals surface area contributed by atoms with Crippen molar-refractivity contribution < 1.29 is 9.59 Å². The van der Waals surface area contributed by atoms with Crippen LogP contribution in [0.5, 0.6) is 0 Å². The van der Waals surface area contributed by atoms with E-state index in [0.29, 0.717) is 22.4 Å². The number of carbonyl (C=O) groups is 2. The molecule has 1 aromatic carbocycles. The Labute approximate surface area is 132 Å². The second kappa shape index (κ2) is 5.60. The fourth-order valence-electron chi connectivity index (χ4n) is 2.43. The first kappa shape index (κ1) is 14.8. The summed E-state index contributed by atoms with van der Waals surface area (Å²) in [7, 11) is 0. The van der Waals surface area contributed by atoms with Crippen molar-refractivity contribution in [2.75, 3.05) is 0 Å². The molecule has 0 fully saturated rings. The molecule has 0 unspecified atom stereocenters. The monoisotopic (exact) mass is 309 g/mol. The number of hydrogen-bond donors (Lipinski definition) is 1. The van der Waals surface area contributed by atoms with Crippen molar-refractivity contribution in [3.8, 4) is 11.1 Å². The van der Waals surface area contributed by atoms with E-state index >= 15 is 0 Å². The summed E-state index contributed by atoms with van der Waals surface area (Å²) >= 11 is 0. The van der Waals surface area contributed by atoms with Crippen molar-refractivity contribution in [1.29, 1.82) is 0 Å². The minimum Gasteiger partial charge on any atom is -0.368 e. The SMILES string of the molecule is CC(=O)c1nn(CC(N)=O)c2ccc(-c3cnc(C)nc3)cc12. The number of aromatic nitrogens is 4. The summed E-state index contributed by atoms with van der Waals surface area (Å²) in [5.74, 6) is 0.00423. The van der Waals surface area contributed by atoms with Crippen molar-refractivity contribution in [2.24, 2.45) is 5.73 Å². The van der Waals surface area contributed by atoms with Gasteiger partial charge in [-0.05, 0) is 24.6 Å².